The molecule has 0 aliphatic rings. The van der Waals surface area contributed by atoms with E-state index in [4.69, 9.17) is 5.73 Å². The molecule has 0 radical (unpaired) electrons. The summed E-state index contributed by atoms with van der Waals surface area (Å²) in [6.07, 6.45) is 4.84. The van der Waals surface area contributed by atoms with Gasteiger partial charge in [0, 0.05) is 0 Å². The van der Waals surface area contributed by atoms with Crippen molar-refractivity contribution < 1.29 is 0 Å². The SMILES string of the molecule is NCCCCCCNCc1nc2ccccc2[nH]1. The first kappa shape index (κ1) is 13.1. The Bertz CT molecular complexity index is 431. The Morgan fingerprint density at radius 2 is 1.94 bits per heavy atom. The third-order valence-corrected chi connectivity index (χ3v) is 3.04. The molecule has 1 heterocycles. The number of imidazole rings is 1. The van der Waals surface area contributed by atoms with Crippen LogP contribution in [0.5, 0.6) is 0 Å². The largest absolute Gasteiger partial charge is 0.341 e. The Hall–Kier alpha value is -1.39. The summed E-state index contributed by atoms with van der Waals surface area (Å²) < 4.78 is 0. The molecule has 2 rings (SSSR count). The zero-order valence-corrected chi connectivity index (χ0v) is 10.8. The molecule has 18 heavy (non-hydrogen) atoms. The summed E-state index contributed by atoms with van der Waals surface area (Å²) in [5.41, 5.74) is 7.60. The van der Waals surface area contributed by atoms with E-state index in [-0.39, 0.29) is 0 Å². The Morgan fingerprint density at radius 3 is 2.78 bits per heavy atom. The lowest BCUT2D eigenvalue weighted by molar-refractivity contribution is 0.583. The lowest BCUT2D eigenvalue weighted by atomic mass is 10.2. The number of aromatic amines is 1. The minimum atomic E-state index is 0.811. The van der Waals surface area contributed by atoms with Gasteiger partial charge in [-0.2, -0.15) is 0 Å². The second kappa shape index (κ2) is 7.13. The highest BCUT2D eigenvalue weighted by atomic mass is 15.0. The molecule has 1 aromatic carbocycles. The van der Waals surface area contributed by atoms with Gasteiger partial charge in [-0.25, -0.2) is 4.98 Å². The maximum absolute atomic E-state index is 5.45. The predicted octanol–water partition coefficient (Wildman–Crippen LogP) is 2.17. The number of nitrogens with two attached hydrogens (primary N) is 1. The minimum absolute atomic E-state index is 0.811. The normalized spacial score (nSPS) is 11.2. The number of hydrogen-bond donors (Lipinski definition) is 3. The van der Waals surface area contributed by atoms with Crippen molar-refractivity contribution in [1.82, 2.24) is 15.3 Å². The maximum atomic E-state index is 5.45. The van der Waals surface area contributed by atoms with Gasteiger partial charge in [0.2, 0.25) is 0 Å². The van der Waals surface area contributed by atoms with Crippen molar-refractivity contribution in [2.24, 2.45) is 5.73 Å². The third kappa shape index (κ3) is 3.82. The van der Waals surface area contributed by atoms with Crippen molar-refractivity contribution in [1.29, 1.82) is 0 Å². The number of unbranched alkanes of at least 4 members (excludes halogenated alkanes) is 3. The van der Waals surface area contributed by atoms with Gasteiger partial charge in [-0.1, -0.05) is 25.0 Å². The highest BCUT2D eigenvalue weighted by Gasteiger charge is 2.00. The molecule has 0 atom stereocenters. The van der Waals surface area contributed by atoms with Gasteiger partial charge in [0.25, 0.3) is 0 Å². The number of aromatic nitrogens is 2. The molecule has 4 nitrogen and oxygen atoms in total. The van der Waals surface area contributed by atoms with Gasteiger partial charge < -0.3 is 16.0 Å². The van der Waals surface area contributed by atoms with Gasteiger partial charge in [-0.15, -0.1) is 0 Å². The van der Waals surface area contributed by atoms with Gasteiger partial charge in [0.05, 0.1) is 17.6 Å². The molecule has 0 amide bonds. The number of fused-ring (bicyclic) bond motifs is 1. The lowest BCUT2D eigenvalue weighted by Crippen LogP contribution is -2.15. The number of H-pyrrole nitrogens is 1. The average Bonchev–Trinajstić information content (AvgIpc) is 2.80. The Labute approximate surface area is 108 Å². The summed E-state index contributed by atoms with van der Waals surface area (Å²) in [6.45, 7) is 2.67. The van der Waals surface area contributed by atoms with Crippen molar-refractivity contribution in [2.75, 3.05) is 13.1 Å². The van der Waals surface area contributed by atoms with Crippen LogP contribution in [0.25, 0.3) is 11.0 Å². The van der Waals surface area contributed by atoms with Crippen LogP contribution in [0, 0.1) is 0 Å². The molecule has 0 aliphatic carbocycles. The summed E-state index contributed by atoms with van der Waals surface area (Å²) in [6, 6.07) is 8.12. The fraction of sp³-hybridized carbons (Fsp3) is 0.500. The number of nitrogens with zero attached hydrogens (tertiary/aromatic N) is 1. The first-order chi connectivity index (χ1) is 8.90. The van der Waals surface area contributed by atoms with E-state index in [1.165, 1.54) is 19.3 Å². The van der Waals surface area contributed by atoms with Crippen molar-refractivity contribution >= 4 is 11.0 Å². The second-order valence-corrected chi connectivity index (χ2v) is 4.58. The van der Waals surface area contributed by atoms with Gasteiger partial charge >= 0.3 is 0 Å². The molecule has 98 valence electrons. The van der Waals surface area contributed by atoms with Crippen molar-refractivity contribution in [3.63, 3.8) is 0 Å². The first-order valence-corrected chi connectivity index (χ1v) is 6.74. The standard InChI is InChI=1S/C14H22N4/c15-9-5-1-2-6-10-16-11-14-17-12-7-3-4-8-13(12)18-14/h3-4,7-8,16H,1-2,5-6,9-11,15H2,(H,17,18). The molecule has 0 saturated heterocycles. The second-order valence-electron chi connectivity index (χ2n) is 4.58. The zero-order valence-electron chi connectivity index (χ0n) is 10.8. The summed E-state index contributed by atoms with van der Waals surface area (Å²) in [5.74, 6) is 1.01. The van der Waals surface area contributed by atoms with Crippen LogP contribution in [0.3, 0.4) is 0 Å². The van der Waals surface area contributed by atoms with E-state index >= 15 is 0 Å². The number of para-hydroxylation sites is 2. The zero-order chi connectivity index (χ0) is 12.6. The molecule has 0 saturated carbocycles. The van der Waals surface area contributed by atoms with Crippen LogP contribution in [0.4, 0.5) is 0 Å². The molecule has 4 heteroatoms. The van der Waals surface area contributed by atoms with E-state index in [2.05, 4.69) is 21.4 Å². The van der Waals surface area contributed by atoms with Crippen molar-refractivity contribution in [2.45, 2.75) is 32.2 Å². The smallest absolute Gasteiger partial charge is 0.121 e. The number of nitrogens with one attached hydrogen (secondary N) is 2. The van der Waals surface area contributed by atoms with Crippen LogP contribution in [0.15, 0.2) is 24.3 Å². The number of rotatable bonds is 8. The van der Waals surface area contributed by atoms with Gasteiger partial charge in [0.1, 0.15) is 5.82 Å². The lowest BCUT2D eigenvalue weighted by Gasteiger charge is -2.02. The van der Waals surface area contributed by atoms with E-state index in [0.717, 1.165) is 42.9 Å². The first-order valence-electron chi connectivity index (χ1n) is 6.74. The highest BCUT2D eigenvalue weighted by Crippen LogP contribution is 2.09. The monoisotopic (exact) mass is 246 g/mol. The molecule has 4 N–H and O–H groups in total. The Kier molecular flexibility index (Phi) is 5.17. The van der Waals surface area contributed by atoms with Gasteiger partial charge in [-0.3, -0.25) is 0 Å². The third-order valence-electron chi connectivity index (χ3n) is 3.04. The molecular formula is C14H22N4. The van der Waals surface area contributed by atoms with E-state index < -0.39 is 0 Å². The molecule has 0 spiro atoms. The molecule has 2 aromatic rings. The van der Waals surface area contributed by atoms with Crippen LogP contribution >= 0.6 is 0 Å². The average molecular weight is 246 g/mol. The van der Waals surface area contributed by atoms with Crippen LogP contribution in [0.2, 0.25) is 0 Å². The molecule has 1 aromatic heterocycles. The van der Waals surface area contributed by atoms with Crippen LogP contribution in [-0.2, 0) is 6.54 Å². The van der Waals surface area contributed by atoms with Crippen molar-refractivity contribution in [3.05, 3.63) is 30.1 Å². The van der Waals surface area contributed by atoms with Gasteiger partial charge in [0.15, 0.2) is 0 Å². The molecule has 0 fully saturated rings. The summed E-state index contributed by atoms with van der Waals surface area (Å²) in [4.78, 5) is 7.84. The summed E-state index contributed by atoms with van der Waals surface area (Å²) >= 11 is 0. The topological polar surface area (TPSA) is 66.7 Å². The summed E-state index contributed by atoms with van der Waals surface area (Å²) in [7, 11) is 0. The molecule has 0 bridgehead atoms. The van der Waals surface area contributed by atoms with Crippen LogP contribution < -0.4 is 11.1 Å². The number of hydrogen-bond acceptors (Lipinski definition) is 3. The summed E-state index contributed by atoms with van der Waals surface area (Å²) in [5, 5.41) is 3.41. The molecule has 0 unspecified atom stereocenters. The molecule has 0 aliphatic heterocycles. The molecular weight excluding hydrogens is 224 g/mol. The van der Waals surface area contributed by atoms with Crippen LogP contribution in [0.1, 0.15) is 31.5 Å². The quantitative estimate of drug-likeness (QED) is 0.625. The maximum Gasteiger partial charge on any atom is 0.121 e. The van der Waals surface area contributed by atoms with Crippen molar-refractivity contribution in [3.8, 4) is 0 Å². The van der Waals surface area contributed by atoms with Crippen LogP contribution in [-0.4, -0.2) is 23.1 Å². The Balaban J connectivity index is 1.67. The van der Waals surface area contributed by atoms with E-state index in [1.807, 2.05) is 18.2 Å². The number of benzene rings is 1. The minimum Gasteiger partial charge on any atom is -0.341 e. The fourth-order valence-electron chi connectivity index (χ4n) is 2.04. The van der Waals surface area contributed by atoms with E-state index in [9.17, 15) is 0 Å². The fourth-order valence-corrected chi connectivity index (χ4v) is 2.04. The van der Waals surface area contributed by atoms with E-state index in [1.54, 1.807) is 0 Å². The Morgan fingerprint density at radius 1 is 1.11 bits per heavy atom. The van der Waals surface area contributed by atoms with Gasteiger partial charge in [-0.05, 0) is 38.1 Å². The predicted molar refractivity (Wildman–Crippen MR) is 75.3 cm³/mol. The van der Waals surface area contributed by atoms with E-state index in [0.29, 0.717) is 0 Å². The highest BCUT2D eigenvalue weighted by molar-refractivity contribution is 5.74.